The predicted octanol–water partition coefficient (Wildman–Crippen LogP) is 4.06. The Kier molecular flexibility index (Phi) is 11.6. The van der Waals surface area contributed by atoms with Crippen molar-refractivity contribution in [2.24, 2.45) is 0 Å². The van der Waals surface area contributed by atoms with Gasteiger partial charge in [0.15, 0.2) is 0 Å². The smallest absolute Gasteiger partial charge is 0.0606 e. The van der Waals surface area contributed by atoms with Gasteiger partial charge in [-0.1, -0.05) is 13.7 Å². The second-order valence-electron chi connectivity index (χ2n) is 4.75. The van der Waals surface area contributed by atoms with Gasteiger partial charge < -0.3 is 12.7 Å². The first-order valence-electron chi connectivity index (χ1n) is 7.08. The SMILES string of the molecule is [B]C.[B]c1cc2cc3[c-]c(/C=C\C)ccc3cc2[c-]c1C=[CH-].[Y].[Y]. The van der Waals surface area contributed by atoms with Gasteiger partial charge in [-0.15, -0.1) is 69.6 Å². The Morgan fingerprint density at radius 3 is 2.21 bits per heavy atom. The topological polar surface area (TPSA) is 0 Å². The maximum atomic E-state index is 5.95. The molecule has 0 N–H and O–H groups in total. The summed E-state index contributed by atoms with van der Waals surface area (Å²) in [6.45, 7) is 9.06. The van der Waals surface area contributed by atoms with Crippen LogP contribution < -0.4 is 5.46 Å². The molecule has 0 aliphatic heterocycles. The average Bonchev–Trinajstić information content (AvgIpc) is 2.54. The summed E-state index contributed by atoms with van der Waals surface area (Å²) in [4.78, 5) is 0. The molecule has 110 valence electrons. The van der Waals surface area contributed by atoms with Crippen LogP contribution in [0.15, 0.2) is 36.4 Å². The third kappa shape index (κ3) is 5.50. The van der Waals surface area contributed by atoms with Crippen molar-refractivity contribution >= 4 is 54.9 Å². The molecule has 0 aromatic heterocycles. The van der Waals surface area contributed by atoms with Gasteiger partial charge in [0.1, 0.15) is 0 Å². The summed E-state index contributed by atoms with van der Waals surface area (Å²) in [5, 5.41) is 4.27. The third-order valence-electron chi connectivity index (χ3n) is 3.35. The predicted molar refractivity (Wildman–Crippen MR) is 99.6 cm³/mol. The molecule has 4 heteroatoms. The van der Waals surface area contributed by atoms with E-state index in [2.05, 4.69) is 44.2 Å². The number of hydrogen-bond donors (Lipinski definition) is 0. The van der Waals surface area contributed by atoms with E-state index in [-0.39, 0.29) is 65.4 Å². The van der Waals surface area contributed by atoms with Gasteiger partial charge in [0.2, 0.25) is 0 Å². The molecular formula is C20H15B2Y2-3. The maximum Gasteiger partial charge on any atom is 0.0606 e. The molecule has 0 fully saturated rings. The molecule has 0 saturated heterocycles. The second kappa shape index (κ2) is 11.6. The zero-order valence-corrected chi connectivity index (χ0v) is 19.7. The largest absolute Gasteiger partial charge is 0.334 e. The summed E-state index contributed by atoms with van der Waals surface area (Å²) >= 11 is 0. The van der Waals surface area contributed by atoms with Crippen molar-refractivity contribution in [3.8, 4) is 0 Å². The molecular weight excluding hydrogens is 440 g/mol. The Bertz CT molecular complexity index is 855. The van der Waals surface area contributed by atoms with E-state index in [9.17, 15) is 0 Å². The molecule has 0 unspecified atom stereocenters. The van der Waals surface area contributed by atoms with Crippen LogP contribution in [0.4, 0.5) is 0 Å². The molecule has 0 aliphatic carbocycles. The van der Waals surface area contributed by atoms with Crippen molar-refractivity contribution in [2.75, 3.05) is 0 Å². The number of benzene rings is 3. The monoisotopic (exact) mass is 455 g/mol. The van der Waals surface area contributed by atoms with Crippen LogP contribution in [-0.2, 0) is 65.4 Å². The normalized spacial score (nSPS) is 9.75. The van der Waals surface area contributed by atoms with E-state index in [1.165, 1.54) is 12.9 Å². The Balaban J connectivity index is 0.00000128. The first-order valence-corrected chi connectivity index (χ1v) is 7.08. The van der Waals surface area contributed by atoms with Crippen molar-refractivity contribution in [2.45, 2.75) is 13.7 Å². The molecule has 0 heterocycles. The Morgan fingerprint density at radius 1 is 0.958 bits per heavy atom. The van der Waals surface area contributed by atoms with E-state index in [4.69, 9.17) is 14.4 Å². The summed E-state index contributed by atoms with van der Waals surface area (Å²) < 4.78 is 0. The van der Waals surface area contributed by atoms with Gasteiger partial charge in [0, 0.05) is 73.3 Å². The summed E-state index contributed by atoms with van der Waals surface area (Å²) in [7, 11) is 10.5. The number of allylic oxidation sites excluding steroid dienone is 1. The van der Waals surface area contributed by atoms with E-state index in [0.717, 1.165) is 32.7 Å². The van der Waals surface area contributed by atoms with Crippen molar-refractivity contribution in [1.82, 2.24) is 0 Å². The molecule has 3 aromatic carbocycles. The quantitative estimate of drug-likeness (QED) is 0.311. The van der Waals surface area contributed by atoms with Gasteiger partial charge in [-0.25, -0.2) is 11.5 Å². The van der Waals surface area contributed by atoms with E-state index in [0.29, 0.717) is 5.46 Å². The van der Waals surface area contributed by atoms with Gasteiger partial charge in [-0.2, -0.15) is 6.07 Å². The molecule has 0 atom stereocenters. The molecule has 3 aromatic rings. The van der Waals surface area contributed by atoms with Gasteiger partial charge >= 0.3 is 0 Å². The zero-order valence-electron chi connectivity index (χ0n) is 14.0. The number of hydrogen-bond acceptors (Lipinski definition) is 0. The van der Waals surface area contributed by atoms with Crippen molar-refractivity contribution < 1.29 is 65.4 Å². The van der Waals surface area contributed by atoms with Gasteiger partial charge in [0.05, 0.1) is 7.85 Å². The van der Waals surface area contributed by atoms with Crippen LogP contribution in [-0.4, -0.2) is 15.7 Å². The molecule has 0 nitrogen and oxygen atoms in total. The molecule has 24 heavy (non-hydrogen) atoms. The van der Waals surface area contributed by atoms with Crippen LogP contribution in [0.2, 0.25) is 6.82 Å². The first-order chi connectivity index (χ1) is 10.7. The van der Waals surface area contributed by atoms with E-state index in [1.807, 2.05) is 25.1 Å². The molecule has 0 aliphatic rings. The molecule has 0 bridgehead atoms. The van der Waals surface area contributed by atoms with Crippen LogP contribution in [0.25, 0.3) is 33.7 Å². The third-order valence-corrected chi connectivity index (χ3v) is 3.35. The second-order valence-corrected chi connectivity index (χ2v) is 4.75. The van der Waals surface area contributed by atoms with Gasteiger partial charge in [0.25, 0.3) is 0 Å². The van der Waals surface area contributed by atoms with Gasteiger partial charge in [-0.3, -0.25) is 5.56 Å². The molecule has 0 saturated carbocycles. The van der Waals surface area contributed by atoms with Crippen LogP contribution in [0.3, 0.4) is 0 Å². The van der Waals surface area contributed by atoms with Gasteiger partial charge in [-0.05, 0) is 0 Å². The van der Waals surface area contributed by atoms with Crippen molar-refractivity contribution in [3.05, 3.63) is 66.2 Å². The van der Waals surface area contributed by atoms with Crippen molar-refractivity contribution in [1.29, 1.82) is 0 Å². The minimum absolute atomic E-state index is 0. The number of fused-ring (bicyclic) bond motifs is 2. The van der Waals surface area contributed by atoms with Crippen LogP contribution in [0.1, 0.15) is 18.1 Å². The Hall–Kier alpha value is -0.00234. The maximum absolute atomic E-state index is 5.95. The fourth-order valence-corrected chi connectivity index (χ4v) is 2.36. The minimum Gasteiger partial charge on any atom is -0.334 e. The van der Waals surface area contributed by atoms with Crippen molar-refractivity contribution in [3.63, 3.8) is 0 Å². The zero-order chi connectivity index (χ0) is 16.1. The molecule has 0 spiro atoms. The van der Waals surface area contributed by atoms with E-state index in [1.54, 1.807) is 0 Å². The minimum atomic E-state index is 0. The van der Waals surface area contributed by atoms with E-state index < -0.39 is 0 Å². The standard InChI is InChI=1S/C19H12B.CH3B.2Y/c1-3-5-13-6-7-15-10-17-9-14(4-2)19(20)12-18(17)11-16(15)8-13;1-2;;/h2-7,10-12H,1H3;1H3;;/q-3;;;/b5-3-;;;. The summed E-state index contributed by atoms with van der Waals surface area (Å²) in [5.41, 5.74) is 2.46. The fraction of sp³-hybridized carbons (Fsp3) is 0.100. The fourth-order valence-electron chi connectivity index (χ4n) is 2.36. The number of rotatable bonds is 2. The Morgan fingerprint density at radius 2 is 1.58 bits per heavy atom. The van der Waals surface area contributed by atoms with E-state index >= 15 is 0 Å². The van der Waals surface area contributed by atoms with Crippen LogP contribution in [0, 0.1) is 18.7 Å². The molecule has 0 amide bonds. The van der Waals surface area contributed by atoms with Crippen LogP contribution >= 0.6 is 0 Å². The summed E-state index contributed by atoms with van der Waals surface area (Å²) in [6, 6.07) is 16.9. The van der Waals surface area contributed by atoms with Crippen LogP contribution in [0.5, 0.6) is 0 Å². The summed E-state index contributed by atoms with van der Waals surface area (Å²) in [5.74, 6) is 0. The molecule has 6 radical (unpaired) electrons. The molecule has 3 rings (SSSR count). The average molecular weight is 455 g/mol. The summed E-state index contributed by atoms with van der Waals surface area (Å²) in [6.07, 6.45) is 5.53. The Labute approximate surface area is 198 Å². The first kappa shape index (κ1) is 24.0.